The number of para-hydroxylation sites is 1. The average molecular weight is 496 g/mol. The quantitative estimate of drug-likeness (QED) is 0.163. The van der Waals surface area contributed by atoms with Crippen LogP contribution in [0.2, 0.25) is 0 Å². The maximum absolute atomic E-state index is 13.5. The van der Waals surface area contributed by atoms with E-state index in [9.17, 15) is 14.9 Å². The second-order valence-electron chi connectivity index (χ2n) is 10.4. The molecule has 0 spiro atoms. The number of unbranched alkanes of at least 4 members (excludes halogenated alkanes) is 5. The molecule has 1 aromatic carbocycles. The highest BCUT2D eigenvalue weighted by atomic mass is 16.9. The van der Waals surface area contributed by atoms with Crippen molar-refractivity contribution in [3.63, 3.8) is 0 Å². The van der Waals surface area contributed by atoms with E-state index < -0.39 is 5.09 Å². The molecule has 0 bridgehead atoms. The third-order valence-corrected chi connectivity index (χ3v) is 8.43. The van der Waals surface area contributed by atoms with Gasteiger partial charge in [-0.05, 0) is 62.8 Å². The van der Waals surface area contributed by atoms with Gasteiger partial charge in [-0.2, -0.15) is 0 Å². The highest BCUT2D eigenvalue weighted by Gasteiger charge is 2.51. The van der Waals surface area contributed by atoms with Crippen LogP contribution in [-0.4, -0.2) is 46.8 Å². The zero-order valence-corrected chi connectivity index (χ0v) is 21.2. The van der Waals surface area contributed by atoms with Crippen molar-refractivity contribution in [2.75, 3.05) is 26.3 Å². The van der Waals surface area contributed by atoms with Gasteiger partial charge in [0.1, 0.15) is 5.70 Å². The van der Waals surface area contributed by atoms with Gasteiger partial charge >= 0.3 is 5.97 Å². The number of ether oxygens (including phenoxy) is 1. The molecule has 5 rings (SSSR count). The van der Waals surface area contributed by atoms with E-state index in [0.29, 0.717) is 24.8 Å². The van der Waals surface area contributed by atoms with E-state index in [4.69, 9.17) is 4.74 Å². The molecule has 0 unspecified atom stereocenters. The molecule has 8 heteroatoms. The van der Waals surface area contributed by atoms with Crippen molar-refractivity contribution >= 4 is 22.6 Å². The Morgan fingerprint density at radius 2 is 1.86 bits per heavy atom. The summed E-state index contributed by atoms with van der Waals surface area (Å²) in [5, 5.41) is 10.7. The van der Waals surface area contributed by atoms with Crippen molar-refractivity contribution in [1.29, 1.82) is 0 Å². The van der Waals surface area contributed by atoms with Crippen molar-refractivity contribution in [2.45, 2.75) is 77.2 Å². The zero-order valence-electron chi connectivity index (χ0n) is 21.2. The van der Waals surface area contributed by atoms with Gasteiger partial charge in [0.25, 0.3) is 5.09 Å². The summed E-state index contributed by atoms with van der Waals surface area (Å²) in [7, 11) is 0. The Morgan fingerprint density at radius 3 is 2.64 bits per heavy atom. The molecule has 3 aliphatic rings. The van der Waals surface area contributed by atoms with Gasteiger partial charge in [-0.1, -0.05) is 50.8 Å². The van der Waals surface area contributed by atoms with Crippen LogP contribution in [-0.2, 0) is 20.8 Å². The first-order valence-corrected chi connectivity index (χ1v) is 13.6. The summed E-state index contributed by atoms with van der Waals surface area (Å²) in [6.45, 7) is 5.05. The fourth-order valence-corrected chi connectivity index (χ4v) is 6.72. The average Bonchev–Trinajstić information content (AvgIpc) is 3.23. The third kappa shape index (κ3) is 4.51. The third-order valence-electron chi connectivity index (χ3n) is 8.43. The molecular weight excluding hydrogens is 458 g/mol. The molecule has 8 nitrogen and oxygen atoms in total. The monoisotopic (exact) mass is 495 g/mol. The van der Waals surface area contributed by atoms with Gasteiger partial charge in [-0.3, -0.25) is 4.90 Å². The van der Waals surface area contributed by atoms with Crippen LogP contribution in [0.4, 0.5) is 0 Å². The van der Waals surface area contributed by atoms with Crippen molar-refractivity contribution in [3.05, 3.63) is 51.7 Å². The van der Waals surface area contributed by atoms with Crippen molar-refractivity contribution in [2.24, 2.45) is 5.41 Å². The molecular formula is C28H37N3O5. The molecule has 2 atom stereocenters. The van der Waals surface area contributed by atoms with Crippen LogP contribution in [0, 0.1) is 15.5 Å². The molecule has 0 N–H and O–H groups in total. The van der Waals surface area contributed by atoms with Crippen molar-refractivity contribution < 1.29 is 19.5 Å². The van der Waals surface area contributed by atoms with E-state index in [2.05, 4.69) is 51.6 Å². The SMILES string of the molecule is CC[C@@]12C=C(C(=O)OCCCCCCCCO[N+](=O)[O-])n3c4c(c5ccccc53)CCN(CCC1)[C@H]42. The highest BCUT2D eigenvalue weighted by Crippen LogP contribution is 2.57. The number of carbonyl (C=O) groups is 1. The molecule has 0 radical (unpaired) electrons. The molecule has 0 amide bonds. The Balaban J connectivity index is 1.27. The van der Waals surface area contributed by atoms with E-state index in [1.54, 1.807) is 0 Å². The van der Waals surface area contributed by atoms with Gasteiger partial charge in [-0.25, -0.2) is 4.79 Å². The van der Waals surface area contributed by atoms with Crippen LogP contribution in [0.3, 0.4) is 0 Å². The Kier molecular flexibility index (Phi) is 7.32. The Morgan fingerprint density at radius 1 is 1.11 bits per heavy atom. The fraction of sp³-hybridized carbons (Fsp3) is 0.607. The van der Waals surface area contributed by atoms with Crippen LogP contribution < -0.4 is 0 Å². The van der Waals surface area contributed by atoms with E-state index in [0.717, 1.165) is 76.4 Å². The minimum absolute atomic E-state index is 0.0227. The number of hydrogen-bond acceptors (Lipinski definition) is 6. The van der Waals surface area contributed by atoms with Crippen molar-refractivity contribution in [3.8, 4) is 0 Å². The molecule has 2 aromatic rings. The summed E-state index contributed by atoms with van der Waals surface area (Å²) in [6.07, 6.45) is 12.0. The maximum atomic E-state index is 13.5. The Hall–Kier alpha value is -2.87. The van der Waals surface area contributed by atoms with Gasteiger partial charge in [0.2, 0.25) is 0 Å². The van der Waals surface area contributed by atoms with Gasteiger partial charge in [-0.15, -0.1) is 10.1 Å². The zero-order chi connectivity index (χ0) is 25.1. The summed E-state index contributed by atoms with van der Waals surface area (Å²) in [6, 6.07) is 8.83. The number of piperidine rings is 1. The van der Waals surface area contributed by atoms with Crippen LogP contribution in [0.1, 0.15) is 82.0 Å². The minimum atomic E-state index is -0.741. The molecule has 1 fully saturated rings. The lowest BCUT2D eigenvalue weighted by Crippen LogP contribution is -2.51. The van der Waals surface area contributed by atoms with Gasteiger partial charge in [0.05, 0.1) is 24.8 Å². The van der Waals surface area contributed by atoms with Gasteiger partial charge < -0.3 is 14.1 Å². The first-order valence-electron chi connectivity index (χ1n) is 13.6. The summed E-state index contributed by atoms with van der Waals surface area (Å²) >= 11 is 0. The number of rotatable bonds is 12. The molecule has 1 aromatic heterocycles. The maximum Gasteiger partial charge on any atom is 0.355 e. The van der Waals surface area contributed by atoms with Crippen LogP contribution in [0.5, 0.6) is 0 Å². The largest absolute Gasteiger partial charge is 0.461 e. The van der Waals surface area contributed by atoms with E-state index in [1.165, 1.54) is 16.6 Å². The molecule has 0 saturated carbocycles. The normalized spacial score (nSPS) is 22.7. The lowest BCUT2D eigenvalue weighted by molar-refractivity contribution is -0.757. The predicted octanol–water partition coefficient (Wildman–Crippen LogP) is 5.68. The summed E-state index contributed by atoms with van der Waals surface area (Å²) in [4.78, 5) is 30.7. The second-order valence-corrected chi connectivity index (χ2v) is 10.4. The fourth-order valence-electron chi connectivity index (χ4n) is 6.72. The van der Waals surface area contributed by atoms with Crippen LogP contribution >= 0.6 is 0 Å². The van der Waals surface area contributed by atoms with Gasteiger partial charge in [0.15, 0.2) is 0 Å². The van der Waals surface area contributed by atoms with Crippen molar-refractivity contribution in [1.82, 2.24) is 9.47 Å². The highest BCUT2D eigenvalue weighted by molar-refractivity contribution is 6.13. The molecule has 4 heterocycles. The number of hydrogen-bond donors (Lipinski definition) is 0. The number of fused-ring (bicyclic) bond motifs is 3. The van der Waals surface area contributed by atoms with E-state index in [1.807, 2.05) is 0 Å². The summed E-state index contributed by atoms with van der Waals surface area (Å²) in [5.74, 6) is -0.218. The smallest absolute Gasteiger partial charge is 0.355 e. The minimum Gasteiger partial charge on any atom is -0.461 e. The summed E-state index contributed by atoms with van der Waals surface area (Å²) in [5.41, 5.74) is 4.52. The Bertz CT molecular complexity index is 1160. The lowest BCUT2D eigenvalue weighted by atomic mass is 9.66. The molecule has 1 saturated heterocycles. The van der Waals surface area contributed by atoms with Crippen LogP contribution in [0.15, 0.2) is 30.3 Å². The number of nitrogens with zero attached hydrogens (tertiary/aromatic N) is 3. The number of benzene rings is 1. The number of esters is 1. The van der Waals surface area contributed by atoms with Crippen LogP contribution in [0.25, 0.3) is 16.6 Å². The summed E-state index contributed by atoms with van der Waals surface area (Å²) < 4.78 is 8.06. The second kappa shape index (κ2) is 10.6. The van der Waals surface area contributed by atoms with Gasteiger partial charge in [0, 0.05) is 23.0 Å². The first kappa shape index (κ1) is 24.8. The predicted molar refractivity (Wildman–Crippen MR) is 138 cm³/mol. The number of carbonyl (C=O) groups excluding carboxylic acids is 1. The Labute approximate surface area is 212 Å². The van der Waals surface area contributed by atoms with E-state index >= 15 is 0 Å². The molecule has 0 aliphatic carbocycles. The first-order chi connectivity index (χ1) is 17.6. The molecule has 194 valence electrons. The molecule has 3 aliphatic heterocycles. The number of aromatic nitrogens is 1. The standard InChI is InChI=1S/C28H37N3O5/c1-2-28-15-11-16-29-17-14-22-21-12-7-8-13-23(21)30(25(22)26(28)29)24(20-28)27(32)35-18-9-5-3-4-6-10-19-36-31(33)34/h7-8,12-13,20,26H,2-6,9-11,14-19H2,1H3/t26-,28+/m1/s1. The molecule has 36 heavy (non-hydrogen) atoms. The van der Waals surface area contributed by atoms with E-state index in [-0.39, 0.29) is 18.0 Å². The topological polar surface area (TPSA) is 86.8 Å². The lowest BCUT2D eigenvalue weighted by Gasteiger charge is -2.53.